The normalized spacial score (nSPS) is 19.6. The molecule has 0 aliphatic heterocycles. The van der Waals surface area contributed by atoms with Crippen LogP contribution in [-0.2, 0) is 0 Å². The standard InChI is InChI=1S/C13H14N2/c1-3-10-7-8-11-6-5-9-15-13(11)12(10)14-4-2/h3,5-9H,4H2,1-2H3/b10-3-,14-12?. The number of nitrogens with zero attached hydrogens (tertiary/aromatic N) is 2. The van der Waals surface area contributed by atoms with Crippen molar-refractivity contribution in [3.8, 4) is 0 Å². The number of pyridine rings is 1. The first-order chi connectivity index (χ1) is 7.36. The van der Waals surface area contributed by atoms with Crippen LogP contribution in [-0.4, -0.2) is 17.2 Å². The van der Waals surface area contributed by atoms with Gasteiger partial charge in [0, 0.05) is 18.3 Å². The average Bonchev–Trinajstić information content (AvgIpc) is 2.30. The molecule has 1 aromatic heterocycles. The molecule has 0 bridgehead atoms. The van der Waals surface area contributed by atoms with Crippen LogP contribution >= 0.6 is 0 Å². The smallest absolute Gasteiger partial charge is 0.0959 e. The van der Waals surface area contributed by atoms with Gasteiger partial charge in [-0.05, 0) is 25.5 Å². The van der Waals surface area contributed by atoms with Crippen molar-refractivity contribution < 1.29 is 0 Å². The average molecular weight is 198 g/mol. The monoisotopic (exact) mass is 198 g/mol. The van der Waals surface area contributed by atoms with E-state index in [1.54, 1.807) is 0 Å². The summed E-state index contributed by atoms with van der Waals surface area (Å²) in [5.41, 5.74) is 4.31. The van der Waals surface area contributed by atoms with Crippen LogP contribution in [0.2, 0.25) is 0 Å². The molecule has 0 N–H and O–H groups in total. The van der Waals surface area contributed by atoms with E-state index >= 15 is 0 Å². The molecule has 0 saturated carbocycles. The molecule has 1 aliphatic carbocycles. The fraction of sp³-hybridized carbons (Fsp3) is 0.231. The highest BCUT2D eigenvalue weighted by Gasteiger charge is 2.15. The minimum absolute atomic E-state index is 0.788. The Morgan fingerprint density at radius 1 is 1.40 bits per heavy atom. The lowest BCUT2D eigenvalue weighted by atomic mass is 9.96. The van der Waals surface area contributed by atoms with Crippen molar-refractivity contribution in [2.75, 3.05) is 6.54 Å². The molecule has 0 aromatic carbocycles. The summed E-state index contributed by atoms with van der Waals surface area (Å²) >= 11 is 0. The van der Waals surface area contributed by atoms with Crippen molar-refractivity contribution in [1.29, 1.82) is 0 Å². The largest absolute Gasteiger partial charge is 0.283 e. The number of aliphatic imine (C=N–C) groups is 1. The number of rotatable bonds is 1. The van der Waals surface area contributed by atoms with Crippen molar-refractivity contribution in [3.05, 3.63) is 47.3 Å². The molecule has 0 unspecified atom stereocenters. The molecule has 15 heavy (non-hydrogen) atoms. The van der Waals surface area contributed by atoms with Crippen molar-refractivity contribution in [1.82, 2.24) is 4.98 Å². The Bertz CT molecular complexity index is 453. The maximum atomic E-state index is 4.51. The number of aromatic nitrogens is 1. The molecule has 1 heterocycles. The van der Waals surface area contributed by atoms with E-state index in [2.05, 4.69) is 34.3 Å². The summed E-state index contributed by atoms with van der Waals surface area (Å²) in [6.45, 7) is 4.86. The van der Waals surface area contributed by atoms with Gasteiger partial charge in [0.25, 0.3) is 0 Å². The van der Waals surface area contributed by atoms with Crippen LogP contribution in [0, 0.1) is 0 Å². The molecule has 76 valence electrons. The first kappa shape index (κ1) is 9.84. The van der Waals surface area contributed by atoms with Crippen molar-refractivity contribution in [2.45, 2.75) is 13.8 Å². The highest BCUT2D eigenvalue weighted by molar-refractivity contribution is 6.17. The lowest BCUT2D eigenvalue weighted by molar-refractivity contribution is 1.12. The van der Waals surface area contributed by atoms with Gasteiger partial charge in [0.2, 0.25) is 0 Å². The predicted molar refractivity (Wildman–Crippen MR) is 64.1 cm³/mol. The first-order valence-corrected chi connectivity index (χ1v) is 5.21. The zero-order chi connectivity index (χ0) is 10.7. The maximum absolute atomic E-state index is 4.51. The fourth-order valence-electron chi connectivity index (χ4n) is 1.70. The van der Waals surface area contributed by atoms with Crippen LogP contribution in [0.4, 0.5) is 0 Å². The SMILES string of the molecule is C/C=C1/C=Cc2cccnc2C1=NCC. The summed E-state index contributed by atoms with van der Waals surface area (Å²) in [7, 11) is 0. The molecule has 1 aromatic rings. The quantitative estimate of drug-likeness (QED) is 0.681. The van der Waals surface area contributed by atoms with E-state index in [1.807, 2.05) is 26.1 Å². The molecule has 0 radical (unpaired) electrons. The highest BCUT2D eigenvalue weighted by atomic mass is 14.8. The molecule has 2 nitrogen and oxygen atoms in total. The van der Waals surface area contributed by atoms with E-state index in [-0.39, 0.29) is 0 Å². The summed E-state index contributed by atoms with van der Waals surface area (Å²) in [6.07, 6.45) is 8.07. The Morgan fingerprint density at radius 3 is 3.00 bits per heavy atom. The van der Waals surface area contributed by atoms with Gasteiger partial charge < -0.3 is 0 Å². The molecule has 0 fully saturated rings. The minimum atomic E-state index is 0.788. The zero-order valence-electron chi connectivity index (χ0n) is 9.07. The molecule has 0 atom stereocenters. The van der Waals surface area contributed by atoms with E-state index in [0.717, 1.165) is 29.1 Å². The topological polar surface area (TPSA) is 25.2 Å². The summed E-state index contributed by atoms with van der Waals surface area (Å²) in [5, 5.41) is 0. The maximum Gasteiger partial charge on any atom is 0.0959 e. The summed E-state index contributed by atoms with van der Waals surface area (Å²) in [4.78, 5) is 8.91. The number of fused-ring (bicyclic) bond motifs is 1. The second kappa shape index (κ2) is 4.22. The Kier molecular flexibility index (Phi) is 2.77. The van der Waals surface area contributed by atoms with Crippen LogP contribution in [0.3, 0.4) is 0 Å². The van der Waals surface area contributed by atoms with Crippen LogP contribution in [0.1, 0.15) is 25.1 Å². The van der Waals surface area contributed by atoms with Crippen LogP contribution in [0.15, 0.2) is 41.0 Å². The van der Waals surface area contributed by atoms with Crippen molar-refractivity contribution >= 4 is 11.8 Å². The number of allylic oxidation sites excluding steroid dienone is 3. The van der Waals surface area contributed by atoms with Gasteiger partial charge in [0.15, 0.2) is 0 Å². The molecule has 2 heteroatoms. The van der Waals surface area contributed by atoms with E-state index in [1.165, 1.54) is 0 Å². The van der Waals surface area contributed by atoms with E-state index in [4.69, 9.17) is 0 Å². The summed E-state index contributed by atoms with van der Waals surface area (Å²) in [6, 6.07) is 4.02. The third kappa shape index (κ3) is 1.75. The van der Waals surface area contributed by atoms with Gasteiger partial charge in [-0.15, -0.1) is 0 Å². The van der Waals surface area contributed by atoms with Gasteiger partial charge in [0.05, 0.1) is 11.4 Å². The molecular formula is C13H14N2. The third-order valence-corrected chi connectivity index (χ3v) is 2.41. The molecule has 2 rings (SSSR count). The Balaban J connectivity index is 2.60. The molecule has 1 aliphatic rings. The lowest BCUT2D eigenvalue weighted by Gasteiger charge is -2.14. The third-order valence-electron chi connectivity index (χ3n) is 2.41. The Hall–Kier alpha value is -1.70. The molecule has 0 spiro atoms. The van der Waals surface area contributed by atoms with Crippen LogP contribution in [0.5, 0.6) is 0 Å². The molecule has 0 saturated heterocycles. The first-order valence-electron chi connectivity index (χ1n) is 5.21. The van der Waals surface area contributed by atoms with Gasteiger partial charge in [-0.25, -0.2) is 0 Å². The van der Waals surface area contributed by atoms with Gasteiger partial charge in [-0.2, -0.15) is 0 Å². The van der Waals surface area contributed by atoms with Gasteiger partial charge in [-0.1, -0.05) is 24.3 Å². The van der Waals surface area contributed by atoms with Crippen molar-refractivity contribution in [3.63, 3.8) is 0 Å². The number of hydrogen-bond donors (Lipinski definition) is 0. The van der Waals surface area contributed by atoms with Crippen LogP contribution < -0.4 is 0 Å². The molecular weight excluding hydrogens is 184 g/mol. The molecule has 0 amide bonds. The van der Waals surface area contributed by atoms with Crippen LogP contribution in [0.25, 0.3) is 6.08 Å². The predicted octanol–water partition coefficient (Wildman–Crippen LogP) is 2.86. The highest BCUT2D eigenvalue weighted by Crippen LogP contribution is 2.21. The summed E-state index contributed by atoms with van der Waals surface area (Å²) < 4.78 is 0. The van der Waals surface area contributed by atoms with E-state index < -0.39 is 0 Å². The number of hydrogen-bond acceptors (Lipinski definition) is 2. The lowest BCUT2D eigenvalue weighted by Crippen LogP contribution is -2.12. The summed E-state index contributed by atoms with van der Waals surface area (Å²) in [5.74, 6) is 0. The van der Waals surface area contributed by atoms with E-state index in [9.17, 15) is 0 Å². The van der Waals surface area contributed by atoms with Gasteiger partial charge >= 0.3 is 0 Å². The Labute approximate surface area is 90.1 Å². The Morgan fingerprint density at radius 2 is 2.27 bits per heavy atom. The second-order valence-electron chi connectivity index (χ2n) is 3.34. The van der Waals surface area contributed by atoms with Gasteiger partial charge in [0.1, 0.15) is 0 Å². The van der Waals surface area contributed by atoms with Crippen molar-refractivity contribution in [2.24, 2.45) is 4.99 Å². The van der Waals surface area contributed by atoms with E-state index in [0.29, 0.717) is 0 Å². The van der Waals surface area contributed by atoms with Gasteiger partial charge in [-0.3, -0.25) is 9.98 Å². The minimum Gasteiger partial charge on any atom is -0.283 e. The fourth-order valence-corrected chi connectivity index (χ4v) is 1.70. The zero-order valence-corrected chi connectivity index (χ0v) is 9.07. The second-order valence-corrected chi connectivity index (χ2v) is 3.34.